The highest BCUT2D eigenvalue weighted by molar-refractivity contribution is 5.19. The highest BCUT2D eigenvalue weighted by Gasteiger charge is 2.23. The van der Waals surface area contributed by atoms with Crippen molar-refractivity contribution in [2.45, 2.75) is 51.6 Å². The molecule has 1 aliphatic heterocycles. The number of nitrogens with zero attached hydrogens (tertiary/aromatic N) is 1. The van der Waals surface area contributed by atoms with Crippen molar-refractivity contribution in [3.63, 3.8) is 0 Å². The molecule has 19 heavy (non-hydrogen) atoms. The highest BCUT2D eigenvalue weighted by atomic mass is 15.2. The van der Waals surface area contributed by atoms with E-state index in [0.29, 0.717) is 6.04 Å². The zero-order chi connectivity index (χ0) is 13.7. The van der Waals surface area contributed by atoms with Crippen LogP contribution >= 0.6 is 0 Å². The molecule has 0 amide bonds. The summed E-state index contributed by atoms with van der Waals surface area (Å²) < 4.78 is 0. The molecule has 0 bridgehead atoms. The zero-order valence-electron chi connectivity index (χ0n) is 12.7. The molecule has 2 rings (SSSR count). The van der Waals surface area contributed by atoms with Crippen LogP contribution in [0.2, 0.25) is 0 Å². The maximum absolute atomic E-state index is 3.68. The van der Waals surface area contributed by atoms with Gasteiger partial charge < -0.3 is 5.32 Å². The number of benzene rings is 1. The Kier molecular flexibility index (Phi) is 5.00. The van der Waals surface area contributed by atoms with E-state index >= 15 is 0 Å². The lowest BCUT2D eigenvalue weighted by molar-refractivity contribution is 0.153. The third kappa shape index (κ3) is 4.63. The SMILES string of the molecule is CC(C)(C)NCC(c1ccccc1)N1CCCCC1. The number of piperidine rings is 1. The van der Waals surface area contributed by atoms with Crippen molar-refractivity contribution in [3.8, 4) is 0 Å². The van der Waals surface area contributed by atoms with Crippen molar-refractivity contribution in [1.29, 1.82) is 0 Å². The van der Waals surface area contributed by atoms with E-state index in [-0.39, 0.29) is 5.54 Å². The van der Waals surface area contributed by atoms with E-state index in [9.17, 15) is 0 Å². The first-order valence-corrected chi connectivity index (χ1v) is 7.60. The summed E-state index contributed by atoms with van der Waals surface area (Å²) in [5.41, 5.74) is 1.63. The van der Waals surface area contributed by atoms with Crippen molar-refractivity contribution in [2.24, 2.45) is 0 Å². The van der Waals surface area contributed by atoms with Crippen LogP contribution < -0.4 is 5.32 Å². The Morgan fingerprint density at radius 3 is 2.26 bits per heavy atom. The molecule has 0 spiro atoms. The third-order valence-corrected chi connectivity index (χ3v) is 3.84. The summed E-state index contributed by atoms with van der Waals surface area (Å²) in [6, 6.07) is 11.5. The summed E-state index contributed by atoms with van der Waals surface area (Å²) in [5, 5.41) is 3.68. The Morgan fingerprint density at radius 1 is 1.05 bits per heavy atom. The van der Waals surface area contributed by atoms with Crippen LogP contribution in [0.1, 0.15) is 51.6 Å². The second-order valence-electron chi connectivity index (χ2n) is 6.65. The van der Waals surface area contributed by atoms with Crippen LogP contribution in [0.3, 0.4) is 0 Å². The first-order valence-electron chi connectivity index (χ1n) is 7.60. The quantitative estimate of drug-likeness (QED) is 0.890. The van der Waals surface area contributed by atoms with E-state index in [2.05, 4.69) is 61.3 Å². The maximum atomic E-state index is 3.68. The van der Waals surface area contributed by atoms with Gasteiger partial charge in [-0.25, -0.2) is 0 Å². The lowest BCUT2D eigenvalue weighted by Crippen LogP contribution is -2.44. The van der Waals surface area contributed by atoms with Gasteiger partial charge in [0.05, 0.1) is 0 Å². The second-order valence-corrected chi connectivity index (χ2v) is 6.65. The zero-order valence-corrected chi connectivity index (χ0v) is 12.7. The maximum Gasteiger partial charge on any atom is 0.0472 e. The molecule has 2 nitrogen and oxygen atoms in total. The summed E-state index contributed by atoms with van der Waals surface area (Å²) in [5.74, 6) is 0. The van der Waals surface area contributed by atoms with Gasteiger partial charge in [-0.1, -0.05) is 36.8 Å². The minimum absolute atomic E-state index is 0.183. The minimum Gasteiger partial charge on any atom is -0.310 e. The van der Waals surface area contributed by atoms with Gasteiger partial charge in [-0.2, -0.15) is 0 Å². The Balaban J connectivity index is 2.08. The fraction of sp³-hybridized carbons (Fsp3) is 0.647. The average molecular weight is 260 g/mol. The third-order valence-electron chi connectivity index (χ3n) is 3.84. The monoisotopic (exact) mass is 260 g/mol. The molecule has 0 radical (unpaired) electrons. The van der Waals surface area contributed by atoms with Crippen molar-refractivity contribution < 1.29 is 0 Å². The summed E-state index contributed by atoms with van der Waals surface area (Å²) >= 11 is 0. The first kappa shape index (κ1) is 14.5. The van der Waals surface area contributed by atoms with Crippen molar-refractivity contribution >= 4 is 0 Å². The first-order chi connectivity index (χ1) is 9.06. The molecule has 1 aromatic carbocycles. The second kappa shape index (κ2) is 6.53. The largest absolute Gasteiger partial charge is 0.310 e. The number of nitrogens with one attached hydrogen (secondary N) is 1. The summed E-state index contributed by atoms with van der Waals surface area (Å²) in [6.07, 6.45) is 4.09. The van der Waals surface area contributed by atoms with Gasteiger partial charge in [0.1, 0.15) is 0 Å². The van der Waals surface area contributed by atoms with Crippen LogP contribution in [0.25, 0.3) is 0 Å². The van der Waals surface area contributed by atoms with Gasteiger partial charge >= 0.3 is 0 Å². The van der Waals surface area contributed by atoms with Crippen LogP contribution in [0.5, 0.6) is 0 Å². The molecule has 1 aromatic rings. The van der Waals surface area contributed by atoms with E-state index in [1.165, 1.54) is 37.9 Å². The summed E-state index contributed by atoms with van der Waals surface area (Å²) in [6.45, 7) is 10.2. The lowest BCUT2D eigenvalue weighted by Gasteiger charge is -2.36. The predicted octanol–water partition coefficient (Wildman–Crippen LogP) is 3.60. The lowest BCUT2D eigenvalue weighted by atomic mass is 10.00. The molecule has 0 aromatic heterocycles. The van der Waals surface area contributed by atoms with Crippen molar-refractivity contribution in [2.75, 3.05) is 19.6 Å². The Morgan fingerprint density at radius 2 is 1.68 bits per heavy atom. The molecule has 1 aliphatic rings. The number of hydrogen-bond donors (Lipinski definition) is 1. The van der Waals surface area contributed by atoms with Gasteiger partial charge in [0.15, 0.2) is 0 Å². The van der Waals surface area contributed by atoms with E-state index in [0.717, 1.165) is 6.54 Å². The Bertz CT molecular complexity index is 361. The fourth-order valence-electron chi connectivity index (χ4n) is 2.77. The number of hydrogen-bond acceptors (Lipinski definition) is 2. The topological polar surface area (TPSA) is 15.3 Å². The minimum atomic E-state index is 0.183. The van der Waals surface area contributed by atoms with Gasteiger partial charge in [-0.05, 0) is 52.3 Å². The van der Waals surface area contributed by atoms with Crippen molar-refractivity contribution in [1.82, 2.24) is 10.2 Å². The fourth-order valence-corrected chi connectivity index (χ4v) is 2.77. The Labute approximate surface area is 118 Å². The van der Waals surface area contributed by atoms with Gasteiger partial charge in [0.2, 0.25) is 0 Å². The molecule has 0 saturated carbocycles. The standard InChI is InChI=1S/C17H28N2/c1-17(2,3)18-14-16(15-10-6-4-7-11-15)19-12-8-5-9-13-19/h4,6-7,10-11,16,18H,5,8-9,12-14H2,1-3H3. The molecule has 1 fully saturated rings. The molecule has 1 heterocycles. The smallest absolute Gasteiger partial charge is 0.0472 e. The molecule has 1 unspecified atom stereocenters. The molecule has 0 aliphatic carbocycles. The molecular formula is C17H28N2. The average Bonchev–Trinajstić information content (AvgIpc) is 2.40. The molecule has 2 heteroatoms. The molecule has 1 N–H and O–H groups in total. The van der Waals surface area contributed by atoms with Crippen LogP contribution in [0.15, 0.2) is 30.3 Å². The highest BCUT2D eigenvalue weighted by Crippen LogP contribution is 2.24. The van der Waals surface area contributed by atoms with E-state index in [1.807, 2.05) is 0 Å². The summed E-state index contributed by atoms with van der Waals surface area (Å²) in [7, 11) is 0. The van der Waals surface area contributed by atoms with Crippen LogP contribution in [-0.4, -0.2) is 30.1 Å². The predicted molar refractivity (Wildman–Crippen MR) is 82.4 cm³/mol. The number of rotatable bonds is 4. The van der Waals surface area contributed by atoms with Gasteiger partial charge in [0.25, 0.3) is 0 Å². The molecule has 106 valence electrons. The van der Waals surface area contributed by atoms with E-state index in [4.69, 9.17) is 0 Å². The van der Waals surface area contributed by atoms with Gasteiger partial charge in [-0.15, -0.1) is 0 Å². The molecule has 1 saturated heterocycles. The van der Waals surface area contributed by atoms with E-state index in [1.54, 1.807) is 0 Å². The van der Waals surface area contributed by atoms with Crippen LogP contribution in [0.4, 0.5) is 0 Å². The summed E-state index contributed by atoms with van der Waals surface area (Å²) in [4.78, 5) is 2.65. The van der Waals surface area contributed by atoms with Crippen LogP contribution in [-0.2, 0) is 0 Å². The number of likely N-dealkylation sites (tertiary alicyclic amines) is 1. The van der Waals surface area contributed by atoms with Crippen molar-refractivity contribution in [3.05, 3.63) is 35.9 Å². The molecular weight excluding hydrogens is 232 g/mol. The van der Waals surface area contributed by atoms with Crippen LogP contribution in [0, 0.1) is 0 Å². The van der Waals surface area contributed by atoms with Gasteiger partial charge in [0, 0.05) is 18.1 Å². The molecule has 1 atom stereocenters. The normalized spacial score (nSPS) is 19.3. The van der Waals surface area contributed by atoms with E-state index < -0.39 is 0 Å². The Hall–Kier alpha value is -0.860. The van der Waals surface area contributed by atoms with Gasteiger partial charge in [-0.3, -0.25) is 4.90 Å².